The summed E-state index contributed by atoms with van der Waals surface area (Å²) in [5.41, 5.74) is 5.39. The molecule has 2 N–H and O–H groups in total. The van der Waals surface area contributed by atoms with Gasteiger partial charge in [0.1, 0.15) is 0 Å². The van der Waals surface area contributed by atoms with Crippen molar-refractivity contribution in [1.82, 2.24) is 0 Å². The lowest BCUT2D eigenvalue weighted by molar-refractivity contribution is -0.138. The van der Waals surface area contributed by atoms with Crippen LogP contribution in [0.25, 0.3) is 0 Å². The monoisotopic (exact) mass is 259 g/mol. The molecular weight excluding hydrogens is 243 g/mol. The zero-order chi connectivity index (χ0) is 13.2. The van der Waals surface area contributed by atoms with E-state index in [4.69, 9.17) is 10.5 Å². The lowest BCUT2D eigenvalue weighted by atomic mass is 9.83. The summed E-state index contributed by atoms with van der Waals surface area (Å²) >= 11 is 0. The van der Waals surface area contributed by atoms with Gasteiger partial charge in [0.2, 0.25) is 0 Å². The smallest absolute Gasteiger partial charge is 0.381 e. The van der Waals surface area contributed by atoms with Gasteiger partial charge in [-0.15, -0.1) is 0 Å². The molecule has 1 fully saturated rings. The van der Waals surface area contributed by atoms with Crippen LogP contribution in [0, 0.1) is 5.92 Å². The van der Waals surface area contributed by atoms with Crippen LogP contribution in [0.5, 0.6) is 0 Å². The highest BCUT2D eigenvalue weighted by Gasteiger charge is 2.37. The molecule has 18 heavy (non-hydrogen) atoms. The molecule has 0 bridgehead atoms. The Labute approximate surface area is 104 Å². The second kappa shape index (κ2) is 5.28. The number of benzene rings is 1. The van der Waals surface area contributed by atoms with Crippen LogP contribution in [0.15, 0.2) is 24.3 Å². The Morgan fingerprint density at radius 3 is 2.61 bits per heavy atom. The van der Waals surface area contributed by atoms with Crippen LogP contribution in [-0.4, -0.2) is 19.8 Å². The second-order valence-corrected chi connectivity index (χ2v) is 4.55. The maximum Gasteiger partial charge on any atom is 0.416 e. The first-order valence-electron chi connectivity index (χ1n) is 5.98. The summed E-state index contributed by atoms with van der Waals surface area (Å²) in [5.74, 6) is -0.205. The summed E-state index contributed by atoms with van der Waals surface area (Å²) in [6.07, 6.45) is -3.56. The van der Waals surface area contributed by atoms with E-state index in [1.54, 1.807) is 6.07 Å². The largest absolute Gasteiger partial charge is 0.416 e. The van der Waals surface area contributed by atoms with Gasteiger partial charge in [0, 0.05) is 12.5 Å². The highest BCUT2D eigenvalue weighted by atomic mass is 19.4. The molecule has 1 heterocycles. The molecule has 2 nitrogen and oxygen atoms in total. The summed E-state index contributed by atoms with van der Waals surface area (Å²) in [7, 11) is 0. The van der Waals surface area contributed by atoms with Crippen molar-refractivity contribution in [2.45, 2.75) is 18.5 Å². The predicted molar refractivity (Wildman–Crippen MR) is 62.2 cm³/mol. The minimum atomic E-state index is -4.33. The first-order chi connectivity index (χ1) is 8.54. The summed E-state index contributed by atoms with van der Waals surface area (Å²) in [6, 6.07) is 5.68. The second-order valence-electron chi connectivity index (χ2n) is 4.55. The molecular formula is C13H16F3NO. The third kappa shape index (κ3) is 2.67. The molecule has 2 atom stereocenters. The van der Waals surface area contributed by atoms with Crippen molar-refractivity contribution in [3.8, 4) is 0 Å². The normalized spacial score (nSPS) is 22.1. The van der Waals surface area contributed by atoms with Gasteiger partial charge >= 0.3 is 6.18 Å². The zero-order valence-corrected chi connectivity index (χ0v) is 9.91. The van der Waals surface area contributed by atoms with Crippen LogP contribution >= 0.6 is 0 Å². The predicted octanol–water partition coefficient (Wildman–Crippen LogP) is 2.78. The van der Waals surface area contributed by atoms with E-state index in [2.05, 4.69) is 0 Å². The van der Waals surface area contributed by atoms with Crippen molar-refractivity contribution in [3.05, 3.63) is 35.4 Å². The van der Waals surface area contributed by atoms with Crippen molar-refractivity contribution in [1.29, 1.82) is 0 Å². The topological polar surface area (TPSA) is 35.2 Å². The van der Waals surface area contributed by atoms with Gasteiger partial charge in [-0.3, -0.25) is 0 Å². The van der Waals surface area contributed by atoms with E-state index in [0.29, 0.717) is 18.8 Å². The van der Waals surface area contributed by atoms with Crippen LogP contribution in [-0.2, 0) is 10.9 Å². The SMILES string of the molecule is NCC(c1ccccc1C(F)(F)F)C1CCOC1. The molecule has 5 heteroatoms. The molecule has 1 aromatic rings. The van der Waals surface area contributed by atoms with Crippen molar-refractivity contribution in [2.75, 3.05) is 19.8 Å². The van der Waals surface area contributed by atoms with Crippen molar-refractivity contribution >= 4 is 0 Å². The molecule has 0 amide bonds. The molecule has 0 radical (unpaired) electrons. The summed E-state index contributed by atoms with van der Waals surface area (Å²) in [4.78, 5) is 0. The number of hydrogen-bond acceptors (Lipinski definition) is 2. The Morgan fingerprint density at radius 2 is 2.06 bits per heavy atom. The van der Waals surface area contributed by atoms with Gasteiger partial charge in [0.15, 0.2) is 0 Å². The average Bonchev–Trinajstić information content (AvgIpc) is 2.83. The van der Waals surface area contributed by atoms with Crippen LogP contribution in [0.1, 0.15) is 23.5 Å². The standard InChI is InChI=1S/C13H16F3NO/c14-13(15,16)12-4-2-1-3-10(12)11(7-17)9-5-6-18-8-9/h1-4,9,11H,5-8,17H2. The third-order valence-electron chi connectivity index (χ3n) is 3.45. The molecule has 2 rings (SSSR count). The molecule has 1 aromatic carbocycles. The molecule has 100 valence electrons. The maximum atomic E-state index is 13.0. The number of halogens is 3. The van der Waals surface area contributed by atoms with E-state index in [1.165, 1.54) is 12.1 Å². The maximum absolute atomic E-state index is 13.0. The van der Waals surface area contributed by atoms with E-state index < -0.39 is 11.7 Å². The fraction of sp³-hybridized carbons (Fsp3) is 0.538. The fourth-order valence-electron chi connectivity index (χ4n) is 2.52. The highest BCUT2D eigenvalue weighted by molar-refractivity contribution is 5.33. The Hall–Kier alpha value is -1.07. The minimum Gasteiger partial charge on any atom is -0.381 e. The number of nitrogens with two attached hydrogens (primary N) is 1. The zero-order valence-electron chi connectivity index (χ0n) is 9.91. The highest BCUT2D eigenvalue weighted by Crippen LogP contribution is 2.38. The van der Waals surface area contributed by atoms with Crippen molar-refractivity contribution in [3.63, 3.8) is 0 Å². The first kappa shape index (κ1) is 13.4. The summed E-state index contributed by atoms with van der Waals surface area (Å²) in [5, 5.41) is 0. The molecule has 1 aliphatic heterocycles. The van der Waals surface area contributed by atoms with E-state index in [-0.39, 0.29) is 18.4 Å². The van der Waals surface area contributed by atoms with Crippen molar-refractivity contribution in [2.24, 2.45) is 11.7 Å². The van der Waals surface area contributed by atoms with Gasteiger partial charge < -0.3 is 10.5 Å². The van der Waals surface area contributed by atoms with Crippen LogP contribution in [0.2, 0.25) is 0 Å². The quantitative estimate of drug-likeness (QED) is 0.906. The fourth-order valence-corrected chi connectivity index (χ4v) is 2.52. The van der Waals surface area contributed by atoms with E-state index >= 15 is 0 Å². The number of rotatable bonds is 3. The van der Waals surface area contributed by atoms with Gasteiger partial charge in [0.25, 0.3) is 0 Å². The van der Waals surface area contributed by atoms with Gasteiger partial charge in [0.05, 0.1) is 12.2 Å². The molecule has 2 unspecified atom stereocenters. The molecule has 0 aromatic heterocycles. The molecule has 0 aliphatic carbocycles. The molecule has 1 aliphatic rings. The van der Waals surface area contributed by atoms with Gasteiger partial charge in [-0.2, -0.15) is 13.2 Å². The van der Waals surface area contributed by atoms with Gasteiger partial charge in [-0.1, -0.05) is 18.2 Å². The van der Waals surface area contributed by atoms with Crippen molar-refractivity contribution < 1.29 is 17.9 Å². The Bertz CT molecular complexity index is 399. The molecule has 0 spiro atoms. The first-order valence-corrected chi connectivity index (χ1v) is 5.98. The molecule has 1 saturated heterocycles. The number of ether oxygens (including phenoxy) is 1. The van der Waals surface area contributed by atoms with Gasteiger partial charge in [-0.25, -0.2) is 0 Å². The molecule has 0 saturated carbocycles. The van der Waals surface area contributed by atoms with Crippen LogP contribution in [0.4, 0.5) is 13.2 Å². The Balaban J connectivity index is 2.35. The van der Waals surface area contributed by atoms with E-state index in [9.17, 15) is 13.2 Å². The van der Waals surface area contributed by atoms with Gasteiger partial charge in [-0.05, 0) is 30.5 Å². The van der Waals surface area contributed by atoms with Crippen LogP contribution < -0.4 is 5.73 Å². The van der Waals surface area contributed by atoms with Crippen LogP contribution in [0.3, 0.4) is 0 Å². The Morgan fingerprint density at radius 1 is 1.33 bits per heavy atom. The average molecular weight is 259 g/mol. The van der Waals surface area contributed by atoms with E-state index in [0.717, 1.165) is 12.5 Å². The lowest BCUT2D eigenvalue weighted by Gasteiger charge is -2.24. The third-order valence-corrected chi connectivity index (χ3v) is 3.45. The minimum absolute atomic E-state index is 0.0819. The Kier molecular flexibility index (Phi) is 3.92. The van der Waals surface area contributed by atoms with E-state index in [1.807, 2.05) is 0 Å². The number of alkyl halides is 3. The number of hydrogen-bond donors (Lipinski definition) is 1. The summed E-state index contributed by atoms with van der Waals surface area (Å²) in [6.45, 7) is 1.31. The lowest BCUT2D eigenvalue weighted by Crippen LogP contribution is -2.24. The summed E-state index contributed by atoms with van der Waals surface area (Å²) < 4.78 is 44.1.